The van der Waals surface area contributed by atoms with E-state index in [0.717, 1.165) is 21.4 Å². The lowest BCUT2D eigenvalue weighted by Crippen LogP contribution is -2.13. The predicted molar refractivity (Wildman–Crippen MR) is 72.9 cm³/mol. The molecule has 0 spiro atoms. The van der Waals surface area contributed by atoms with Crippen LogP contribution in [-0.4, -0.2) is 24.8 Å². The molecule has 96 valence electrons. The molecule has 3 aromatic heterocycles. The minimum atomic E-state index is 0.514. The van der Waals surface area contributed by atoms with Crippen LogP contribution in [0.25, 0.3) is 15.5 Å². The molecule has 1 aliphatic rings. The normalized spacial score (nSPS) is 15.8. The number of hydrogen-bond donors (Lipinski definition) is 1. The van der Waals surface area contributed by atoms with Crippen molar-refractivity contribution in [2.45, 2.75) is 25.2 Å². The van der Waals surface area contributed by atoms with Crippen molar-refractivity contribution < 1.29 is 0 Å². The minimum absolute atomic E-state index is 0.514. The lowest BCUT2D eigenvalue weighted by atomic mass is 9.85. The highest BCUT2D eigenvalue weighted by Gasteiger charge is 2.26. The topological polar surface area (TPSA) is 82.0 Å². The van der Waals surface area contributed by atoms with Crippen LogP contribution in [0.4, 0.5) is 5.69 Å². The molecular weight excluding hydrogens is 260 g/mol. The fourth-order valence-corrected chi connectivity index (χ4v) is 3.16. The van der Waals surface area contributed by atoms with Crippen molar-refractivity contribution in [3.05, 3.63) is 24.3 Å². The van der Waals surface area contributed by atoms with Gasteiger partial charge in [-0.3, -0.25) is 4.98 Å². The average molecular weight is 272 g/mol. The highest BCUT2D eigenvalue weighted by atomic mass is 32.1. The summed E-state index contributed by atoms with van der Waals surface area (Å²) in [5.41, 5.74) is 7.48. The van der Waals surface area contributed by atoms with Crippen molar-refractivity contribution in [1.29, 1.82) is 0 Å². The largest absolute Gasteiger partial charge is 0.397 e. The third kappa shape index (κ3) is 1.61. The molecule has 1 saturated carbocycles. The van der Waals surface area contributed by atoms with E-state index in [1.807, 2.05) is 10.6 Å². The second-order valence-corrected chi connectivity index (χ2v) is 5.71. The molecule has 0 atom stereocenters. The van der Waals surface area contributed by atoms with Gasteiger partial charge in [-0.1, -0.05) is 17.8 Å². The number of pyridine rings is 1. The minimum Gasteiger partial charge on any atom is -0.397 e. The van der Waals surface area contributed by atoms with E-state index in [0.29, 0.717) is 11.6 Å². The van der Waals surface area contributed by atoms with Crippen molar-refractivity contribution >= 4 is 22.0 Å². The number of anilines is 1. The summed E-state index contributed by atoms with van der Waals surface area (Å²) in [6.45, 7) is 0. The smallest absolute Gasteiger partial charge is 0.234 e. The van der Waals surface area contributed by atoms with Gasteiger partial charge in [-0.15, -0.1) is 10.2 Å². The maximum atomic E-state index is 5.94. The third-order valence-corrected chi connectivity index (χ3v) is 4.50. The van der Waals surface area contributed by atoms with Crippen LogP contribution in [0.3, 0.4) is 0 Å². The van der Waals surface area contributed by atoms with E-state index in [4.69, 9.17) is 5.73 Å². The molecule has 0 unspecified atom stereocenters. The van der Waals surface area contributed by atoms with Crippen LogP contribution in [0.2, 0.25) is 0 Å². The number of nitrogen functional groups attached to an aromatic ring is 1. The van der Waals surface area contributed by atoms with Gasteiger partial charge in [0.15, 0.2) is 5.82 Å². The van der Waals surface area contributed by atoms with Crippen molar-refractivity contribution in [3.8, 4) is 10.6 Å². The lowest BCUT2D eigenvalue weighted by Gasteiger charge is -2.22. The van der Waals surface area contributed by atoms with Gasteiger partial charge in [0, 0.05) is 17.7 Å². The van der Waals surface area contributed by atoms with Crippen LogP contribution in [0.1, 0.15) is 31.0 Å². The van der Waals surface area contributed by atoms with E-state index < -0.39 is 0 Å². The van der Waals surface area contributed by atoms with E-state index in [-0.39, 0.29) is 0 Å². The maximum absolute atomic E-state index is 5.94. The van der Waals surface area contributed by atoms with Crippen molar-refractivity contribution in [2.75, 3.05) is 5.73 Å². The summed E-state index contributed by atoms with van der Waals surface area (Å²) in [4.78, 5) is 4.82. The Morgan fingerprint density at radius 1 is 1.32 bits per heavy atom. The van der Waals surface area contributed by atoms with Gasteiger partial charge in [0.25, 0.3) is 0 Å². The molecule has 0 amide bonds. The molecule has 0 aliphatic heterocycles. The Morgan fingerprint density at radius 3 is 2.95 bits per heavy atom. The van der Waals surface area contributed by atoms with E-state index in [9.17, 15) is 0 Å². The molecule has 19 heavy (non-hydrogen) atoms. The van der Waals surface area contributed by atoms with E-state index in [1.165, 1.54) is 30.6 Å². The zero-order chi connectivity index (χ0) is 12.8. The molecule has 3 heterocycles. The summed E-state index contributed by atoms with van der Waals surface area (Å²) in [6.07, 6.45) is 7.01. The SMILES string of the molecule is Nc1cnccc1-c1nn2c(C3CCC3)nnc2s1. The Bertz CT molecular complexity index is 742. The number of nitrogens with two attached hydrogens (primary N) is 1. The zero-order valence-electron chi connectivity index (χ0n) is 10.2. The maximum Gasteiger partial charge on any atom is 0.234 e. The van der Waals surface area contributed by atoms with E-state index in [1.54, 1.807) is 12.4 Å². The van der Waals surface area contributed by atoms with Crippen LogP contribution in [0, 0.1) is 0 Å². The van der Waals surface area contributed by atoms with Crippen LogP contribution < -0.4 is 5.73 Å². The molecule has 1 fully saturated rings. The van der Waals surface area contributed by atoms with Crippen LogP contribution >= 0.6 is 11.3 Å². The molecule has 0 saturated heterocycles. The van der Waals surface area contributed by atoms with Crippen LogP contribution in [0.5, 0.6) is 0 Å². The molecule has 0 radical (unpaired) electrons. The van der Waals surface area contributed by atoms with E-state index in [2.05, 4.69) is 20.3 Å². The summed E-state index contributed by atoms with van der Waals surface area (Å²) < 4.78 is 1.86. The Hall–Kier alpha value is -2.02. The van der Waals surface area contributed by atoms with Gasteiger partial charge in [0.1, 0.15) is 5.01 Å². The molecule has 1 aliphatic carbocycles. The third-order valence-electron chi connectivity index (χ3n) is 3.57. The van der Waals surface area contributed by atoms with Crippen molar-refractivity contribution in [1.82, 2.24) is 24.8 Å². The van der Waals surface area contributed by atoms with Gasteiger partial charge in [-0.05, 0) is 18.9 Å². The number of hydrogen-bond acceptors (Lipinski definition) is 6. The highest BCUT2D eigenvalue weighted by Crippen LogP contribution is 2.37. The zero-order valence-corrected chi connectivity index (χ0v) is 11.0. The van der Waals surface area contributed by atoms with Crippen LogP contribution in [-0.2, 0) is 0 Å². The number of rotatable bonds is 2. The molecule has 0 bridgehead atoms. The first-order valence-corrected chi connectivity index (χ1v) is 7.06. The fourth-order valence-electron chi connectivity index (χ4n) is 2.26. The average Bonchev–Trinajstić information content (AvgIpc) is 2.90. The van der Waals surface area contributed by atoms with Gasteiger partial charge in [-0.25, -0.2) is 0 Å². The first-order valence-electron chi connectivity index (χ1n) is 6.25. The van der Waals surface area contributed by atoms with Gasteiger partial charge in [0.2, 0.25) is 4.96 Å². The second kappa shape index (κ2) is 3.99. The lowest BCUT2D eigenvalue weighted by molar-refractivity contribution is 0.395. The molecule has 0 aromatic carbocycles. The molecule has 7 heteroatoms. The molecule has 2 N–H and O–H groups in total. The van der Waals surface area contributed by atoms with Gasteiger partial charge >= 0.3 is 0 Å². The van der Waals surface area contributed by atoms with Gasteiger partial charge in [-0.2, -0.15) is 9.61 Å². The number of nitrogens with zero attached hydrogens (tertiary/aromatic N) is 5. The Balaban J connectivity index is 1.84. The molecular formula is C12H12N6S. The fraction of sp³-hybridized carbons (Fsp3) is 0.333. The van der Waals surface area contributed by atoms with Crippen molar-refractivity contribution in [2.24, 2.45) is 0 Å². The van der Waals surface area contributed by atoms with Gasteiger partial charge < -0.3 is 5.73 Å². The molecule has 3 aromatic rings. The van der Waals surface area contributed by atoms with Gasteiger partial charge in [0.05, 0.1) is 11.9 Å². The monoisotopic (exact) mass is 272 g/mol. The summed E-state index contributed by atoms with van der Waals surface area (Å²) in [7, 11) is 0. The van der Waals surface area contributed by atoms with Crippen LogP contribution in [0.15, 0.2) is 18.5 Å². The summed E-state index contributed by atoms with van der Waals surface area (Å²) in [5.74, 6) is 1.50. The van der Waals surface area contributed by atoms with E-state index >= 15 is 0 Å². The number of fused-ring (bicyclic) bond motifs is 1. The highest BCUT2D eigenvalue weighted by molar-refractivity contribution is 7.19. The summed E-state index contributed by atoms with van der Waals surface area (Å²) >= 11 is 1.51. The second-order valence-electron chi connectivity index (χ2n) is 4.75. The first-order chi connectivity index (χ1) is 9.33. The standard InChI is InChI=1S/C12H12N6S/c13-9-6-14-5-4-8(9)11-17-18-10(7-2-1-3-7)15-16-12(18)19-11/h4-7H,1-3,13H2. The summed E-state index contributed by atoms with van der Waals surface area (Å²) in [5, 5.41) is 13.9. The Morgan fingerprint density at radius 2 is 2.21 bits per heavy atom. The Kier molecular flexibility index (Phi) is 2.28. The molecule has 4 rings (SSSR count). The number of aromatic nitrogens is 5. The predicted octanol–water partition coefficient (Wildman–Crippen LogP) is 2.10. The van der Waals surface area contributed by atoms with Crippen molar-refractivity contribution in [3.63, 3.8) is 0 Å². The Labute approximate surface area is 113 Å². The summed E-state index contributed by atoms with van der Waals surface area (Å²) in [6, 6.07) is 1.88. The first kappa shape index (κ1) is 10.9. The molecule has 6 nitrogen and oxygen atoms in total. The quantitative estimate of drug-likeness (QED) is 0.772.